The maximum Gasteiger partial charge on any atom is 0.00746 e. The molecule has 2 nitrogen and oxygen atoms in total. The molecule has 0 fully saturated rings. The Morgan fingerprint density at radius 3 is 2.78 bits per heavy atom. The van der Waals surface area contributed by atoms with Crippen LogP contribution in [-0.2, 0) is 0 Å². The van der Waals surface area contributed by atoms with Gasteiger partial charge in [-0.1, -0.05) is 13.8 Å². The molecule has 0 amide bonds. The van der Waals surface area contributed by atoms with Crippen LogP contribution in [0.1, 0.15) is 13.3 Å². The van der Waals surface area contributed by atoms with Crippen molar-refractivity contribution >= 4 is 0 Å². The topological polar surface area (TPSA) is 38.0 Å². The molecule has 0 heterocycles. The summed E-state index contributed by atoms with van der Waals surface area (Å²) >= 11 is 0. The Morgan fingerprint density at radius 2 is 2.33 bits per heavy atom. The Kier molecular flexibility index (Phi) is 5.99. The number of nitrogens with one attached hydrogen (secondary N) is 1. The molecule has 0 aliphatic rings. The van der Waals surface area contributed by atoms with Crippen molar-refractivity contribution in [2.45, 2.75) is 13.3 Å². The quantitative estimate of drug-likeness (QED) is 0.527. The molecule has 0 spiro atoms. The molecular formula is C7H17N2. The van der Waals surface area contributed by atoms with E-state index in [1.807, 2.05) is 0 Å². The molecule has 2 heteroatoms. The van der Waals surface area contributed by atoms with Gasteiger partial charge in [0, 0.05) is 13.1 Å². The van der Waals surface area contributed by atoms with E-state index in [1.165, 1.54) is 0 Å². The predicted octanol–water partition coefficient (Wildman–Crippen LogP) is 0.395. The molecule has 0 aliphatic heterocycles. The maximum absolute atomic E-state index is 5.28. The van der Waals surface area contributed by atoms with Crippen LogP contribution in [0.2, 0.25) is 0 Å². The SMILES string of the molecule is [CH2]CC(C)CNCCN. The van der Waals surface area contributed by atoms with E-state index in [-0.39, 0.29) is 0 Å². The minimum absolute atomic E-state index is 0.677. The predicted molar refractivity (Wildman–Crippen MR) is 41.1 cm³/mol. The lowest BCUT2D eigenvalue weighted by molar-refractivity contribution is 0.522. The van der Waals surface area contributed by atoms with Gasteiger partial charge in [0.25, 0.3) is 0 Å². The Bertz CT molecular complexity index is 54.9. The van der Waals surface area contributed by atoms with Crippen molar-refractivity contribution in [2.75, 3.05) is 19.6 Å². The third kappa shape index (κ3) is 5.80. The maximum atomic E-state index is 5.28. The molecule has 1 unspecified atom stereocenters. The van der Waals surface area contributed by atoms with Gasteiger partial charge in [-0.25, -0.2) is 0 Å². The van der Waals surface area contributed by atoms with Crippen LogP contribution in [0.4, 0.5) is 0 Å². The molecule has 0 aromatic rings. The van der Waals surface area contributed by atoms with Gasteiger partial charge < -0.3 is 11.1 Å². The summed E-state index contributed by atoms with van der Waals surface area (Å²) < 4.78 is 0. The van der Waals surface area contributed by atoms with E-state index in [1.54, 1.807) is 0 Å². The van der Waals surface area contributed by atoms with Gasteiger partial charge in [0.15, 0.2) is 0 Å². The van der Waals surface area contributed by atoms with Crippen LogP contribution in [0.3, 0.4) is 0 Å². The van der Waals surface area contributed by atoms with E-state index in [2.05, 4.69) is 19.2 Å². The lowest BCUT2D eigenvalue weighted by Gasteiger charge is -2.07. The third-order valence-corrected chi connectivity index (χ3v) is 1.31. The average Bonchev–Trinajstić information content (AvgIpc) is 1.89. The van der Waals surface area contributed by atoms with Gasteiger partial charge in [0.05, 0.1) is 0 Å². The van der Waals surface area contributed by atoms with Crippen molar-refractivity contribution in [3.05, 3.63) is 6.92 Å². The summed E-state index contributed by atoms with van der Waals surface area (Å²) in [5.41, 5.74) is 5.28. The smallest absolute Gasteiger partial charge is 0.00746 e. The fourth-order valence-corrected chi connectivity index (χ4v) is 0.553. The first kappa shape index (κ1) is 8.92. The zero-order valence-corrected chi connectivity index (χ0v) is 6.19. The van der Waals surface area contributed by atoms with Gasteiger partial charge >= 0.3 is 0 Å². The second-order valence-electron chi connectivity index (χ2n) is 2.39. The van der Waals surface area contributed by atoms with Gasteiger partial charge in [-0.05, 0) is 18.9 Å². The molecular weight excluding hydrogens is 112 g/mol. The normalized spacial score (nSPS) is 13.7. The summed E-state index contributed by atoms with van der Waals surface area (Å²) in [5.74, 6) is 0.677. The Balaban J connectivity index is 2.88. The van der Waals surface area contributed by atoms with Crippen LogP contribution in [0, 0.1) is 12.8 Å². The first-order chi connectivity index (χ1) is 4.31. The van der Waals surface area contributed by atoms with Gasteiger partial charge in [0.2, 0.25) is 0 Å². The fourth-order valence-electron chi connectivity index (χ4n) is 0.553. The number of hydrogen-bond acceptors (Lipinski definition) is 2. The van der Waals surface area contributed by atoms with Crippen molar-refractivity contribution in [2.24, 2.45) is 11.7 Å². The van der Waals surface area contributed by atoms with E-state index in [0.717, 1.165) is 26.1 Å². The number of hydrogen-bond donors (Lipinski definition) is 2. The van der Waals surface area contributed by atoms with Crippen molar-refractivity contribution in [1.29, 1.82) is 0 Å². The Labute approximate surface area is 57.8 Å². The van der Waals surface area contributed by atoms with Crippen molar-refractivity contribution in [1.82, 2.24) is 5.32 Å². The van der Waals surface area contributed by atoms with Crippen molar-refractivity contribution in [3.63, 3.8) is 0 Å². The molecule has 0 bridgehead atoms. The highest BCUT2D eigenvalue weighted by molar-refractivity contribution is 4.57. The van der Waals surface area contributed by atoms with Crippen molar-refractivity contribution in [3.8, 4) is 0 Å². The minimum Gasteiger partial charge on any atom is -0.329 e. The largest absolute Gasteiger partial charge is 0.329 e. The molecule has 0 saturated carbocycles. The number of rotatable bonds is 5. The molecule has 1 radical (unpaired) electrons. The highest BCUT2D eigenvalue weighted by atomic mass is 14.9. The molecule has 0 aliphatic carbocycles. The number of nitrogens with two attached hydrogens (primary N) is 1. The zero-order chi connectivity index (χ0) is 7.11. The van der Waals surface area contributed by atoms with Gasteiger partial charge in [-0.2, -0.15) is 0 Å². The second-order valence-corrected chi connectivity index (χ2v) is 2.39. The summed E-state index contributed by atoms with van der Waals surface area (Å²) in [6.45, 7) is 8.66. The van der Waals surface area contributed by atoms with Gasteiger partial charge in [-0.3, -0.25) is 0 Å². The zero-order valence-electron chi connectivity index (χ0n) is 6.19. The van der Waals surface area contributed by atoms with E-state index in [0.29, 0.717) is 5.92 Å². The van der Waals surface area contributed by atoms with Gasteiger partial charge in [0.1, 0.15) is 0 Å². The standard InChI is InChI=1S/C7H17N2/c1-3-7(2)6-9-5-4-8/h7,9H,1,3-6,8H2,2H3. The van der Waals surface area contributed by atoms with E-state index >= 15 is 0 Å². The molecule has 9 heavy (non-hydrogen) atoms. The summed E-state index contributed by atoms with van der Waals surface area (Å²) in [7, 11) is 0. The summed E-state index contributed by atoms with van der Waals surface area (Å²) in [6.07, 6.45) is 0.998. The average molecular weight is 129 g/mol. The van der Waals surface area contributed by atoms with Crippen LogP contribution in [0.25, 0.3) is 0 Å². The van der Waals surface area contributed by atoms with Crippen molar-refractivity contribution < 1.29 is 0 Å². The van der Waals surface area contributed by atoms with Crippen LogP contribution >= 0.6 is 0 Å². The monoisotopic (exact) mass is 129 g/mol. The highest BCUT2D eigenvalue weighted by Gasteiger charge is 1.94. The second kappa shape index (κ2) is 6.05. The fraction of sp³-hybridized carbons (Fsp3) is 0.857. The molecule has 0 aromatic heterocycles. The summed E-state index contributed by atoms with van der Waals surface area (Å²) in [6, 6.07) is 0. The first-order valence-electron chi connectivity index (χ1n) is 3.51. The van der Waals surface area contributed by atoms with E-state index in [4.69, 9.17) is 5.73 Å². The molecule has 0 aromatic carbocycles. The highest BCUT2D eigenvalue weighted by Crippen LogP contribution is 1.95. The molecule has 0 saturated heterocycles. The lowest BCUT2D eigenvalue weighted by atomic mass is 10.1. The van der Waals surface area contributed by atoms with Crippen LogP contribution < -0.4 is 11.1 Å². The first-order valence-corrected chi connectivity index (χ1v) is 3.51. The molecule has 1 atom stereocenters. The lowest BCUT2D eigenvalue weighted by Crippen LogP contribution is -2.26. The summed E-state index contributed by atoms with van der Waals surface area (Å²) in [4.78, 5) is 0. The summed E-state index contributed by atoms with van der Waals surface area (Å²) in [5, 5.41) is 3.22. The van der Waals surface area contributed by atoms with Crippen LogP contribution in [0.15, 0.2) is 0 Å². The Hall–Kier alpha value is -0.0800. The van der Waals surface area contributed by atoms with E-state index in [9.17, 15) is 0 Å². The molecule has 3 N–H and O–H groups in total. The van der Waals surface area contributed by atoms with Gasteiger partial charge in [-0.15, -0.1) is 0 Å². The van der Waals surface area contributed by atoms with Crippen LogP contribution in [-0.4, -0.2) is 19.6 Å². The third-order valence-electron chi connectivity index (χ3n) is 1.31. The van der Waals surface area contributed by atoms with Crippen LogP contribution in [0.5, 0.6) is 0 Å². The Morgan fingerprint density at radius 1 is 1.67 bits per heavy atom. The molecule has 0 rings (SSSR count). The molecule has 55 valence electrons. The van der Waals surface area contributed by atoms with E-state index < -0.39 is 0 Å². The minimum atomic E-state index is 0.677.